The maximum absolute atomic E-state index is 12.9. The summed E-state index contributed by atoms with van der Waals surface area (Å²) >= 11 is 2.80. The average molecular weight is 326 g/mol. The molecule has 0 heterocycles. The van der Waals surface area contributed by atoms with E-state index in [-0.39, 0.29) is 22.3 Å². The molecule has 1 aromatic carbocycles. The number of benzene rings is 1. The number of hydrogen-bond acceptors (Lipinski definition) is 3. The van der Waals surface area contributed by atoms with E-state index in [1.807, 2.05) is 0 Å². The first kappa shape index (κ1) is 14.8. The minimum Gasteiger partial charge on any atom is -0.466 e. The zero-order chi connectivity index (χ0) is 13.9. The van der Waals surface area contributed by atoms with Gasteiger partial charge in [-0.2, -0.15) is 13.2 Å². The Labute approximate surface area is 110 Å². The summed E-state index contributed by atoms with van der Waals surface area (Å²) in [4.78, 5) is 11.3. The Balaban J connectivity index is 3.20. The van der Waals surface area contributed by atoms with Gasteiger partial charge in [-0.05, 0) is 34.5 Å². The van der Waals surface area contributed by atoms with Crippen molar-refractivity contribution in [3.8, 4) is 0 Å². The summed E-state index contributed by atoms with van der Waals surface area (Å²) in [5, 5.41) is 0. The molecule has 1 aromatic rings. The molecule has 100 valence electrons. The number of hydrogen-bond donors (Lipinski definition) is 1. The van der Waals surface area contributed by atoms with Gasteiger partial charge in [0.15, 0.2) is 0 Å². The zero-order valence-corrected chi connectivity index (χ0v) is 11.1. The highest BCUT2D eigenvalue weighted by Gasteiger charge is 2.36. The van der Waals surface area contributed by atoms with Gasteiger partial charge in [0.1, 0.15) is 0 Å². The second-order valence-corrected chi connectivity index (χ2v) is 4.28. The van der Waals surface area contributed by atoms with E-state index in [1.54, 1.807) is 6.92 Å². The van der Waals surface area contributed by atoms with Gasteiger partial charge in [-0.15, -0.1) is 0 Å². The lowest BCUT2D eigenvalue weighted by molar-refractivity contribution is -0.143. The zero-order valence-electron chi connectivity index (χ0n) is 9.47. The number of anilines is 1. The highest BCUT2D eigenvalue weighted by atomic mass is 79.9. The van der Waals surface area contributed by atoms with Gasteiger partial charge in [-0.25, -0.2) is 0 Å². The van der Waals surface area contributed by atoms with Gasteiger partial charge >= 0.3 is 12.1 Å². The molecule has 0 atom stereocenters. The van der Waals surface area contributed by atoms with E-state index in [1.165, 1.54) is 12.1 Å². The third-order valence-corrected chi connectivity index (χ3v) is 3.04. The molecule has 2 N–H and O–H groups in total. The van der Waals surface area contributed by atoms with E-state index < -0.39 is 24.1 Å². The summed E-state index contributed by atoms with van der Waals surface area (Å²) in [6.45, 7) is 1.71. The third-order valence-electron chi connectivity index (χ3n) is 2.18. The highest BCUT2D eigenvalue weighted by molar-refractivity contribution is 9.10. The van der Waals surface area contributed by atoms with Gasteiger partial charge < -0.3 is 10.5 Å². The number of nitrogens with two attached hydrogens (primary N) is 1. The molecule has 1 rings (SSSR count). The van der Waals surface area contributed by atoms with Crippen LogP contribution in [0, 0.1) is 0 Å². The van der Waals surface area contributed by atoms with Crippen molar-refractivity contribution in [1.29, 1.82) is 0 Å². The number of alkyl halides is 3. The molecule has 0 radical (unpaired) electrons. The lowest BCUT2D eigenvalue weighted by Crippen LogP contribution is -2.15. The summed E-state index contributed by atoms with van der Waals surface area (Å²) in [7, 11) is 0. The lowest BCUT2D eigenvalue weighted by atomic mass is 10.0. The molecule has 0 unspecified atom stereocenters. The van der Waals surface area contributed by atoms with Gasteiger partial charge in [-0.1, -0.05) is 6.07 Å². The van der Waals surface area contributed by atoms with Crippen molar-refractivity contribution in [1.82, 2.24) is 0 Å². The molecule has 0 spiro atoms. The van der Waals surface area contributed by atoms with Gasteiger partial charge in [0.25, 0.3) is 0 Å². The first-order valence-corrected chi connectivity index (χ1v) is 5.86. The van der Waals surface area contributed by atoms with Crippen LogP contribution in [0.15, 0.2) is 16.6 Å². The monoisotopic (exact) mass is 325 g/mol. The molecule has 0 saturated carbocycles. The quantitative estimate of drug-likeness (QED) is 0.686. The molecule has 0 aliphatic heterocycles. The van der Waals surface area contributed by atoms with Crippen LogP contribution in [-0.2, 0) is 22.1 Å². The first-order chi connectivity index (χ1) is 8.27. The van der Waals surface area contributed by atoms with E-state index >= 15 is 0 Å². The molecule has 7 heteroatoms. The van der Waals surface area contributed by atoms with Crippen molar-refractivity contribution in [2.75, 3.05) is 12.3 Å². The van der Waals surface area contributed by atoms with Crippen LogP contribution in [0.25, 0.3) is 0 Å². The molecule has 0 aliphatic carbocycles. The summed E-state index contributed by atoms with van der Waals surface area (Å²) in [6.07, 6.45) is -5.03. The molecular weight excluding hydrogens is 315 g/mol. The van der Waals surface area contributed by atoms with Crippen LogP contribution >= 0.6 is 15.9 Å². The summed E-state index contributed by atoms with van der Waals surface area (Å²) in [6, 6.07) is 2.49. The Hall–Kier alpha value is -1.24. The van der Waals surface area contributed by atoms with Crippen molar-refractivity contribution in [2.24, 2.45) is 0 Å². The number of rotatable bonds is 3. The highest BCUT2D eigenvalue weighted by Crippen LogP contribution is 2.40. The van der Waals surface area contributed by atoms with Crippen LogP contribution in [0.3, 0.4) is 0 Å². The number of carbonyl (C=O) groups is 1. The fraction of sp³-hybridized carbons (Fsp3) is 0.364. The molecule has 0 aromatic heterocycles. The van der Waals surface area contributed by atoms with Crippen LogP contribution in [-0.4, -0.2) is 12.6 Å². The molecular formula is C11H11BrF3NO2. The maximum atomic E-state index is 12.9. The Morgan fingerprint density at radius 1 is 1.44 bits per heavy atom. The fourth-order valence-corrected chi connectivity index (χ4v) is 2.07. The number of nitrogen functional groups attached to an aromatic ring is 1. The van der Waals surface area contributed by atoms with E-state index in [0.29, 0.717) is 0 Å². The number of carbonyl (C=O) groups excluding carboxylic acids is 1. The Morgan fingerprint density at radius 3 is 2.56 bits per heavy atom. The van der Waals surface area contributed by atoms with E-state index in [0.717, 1.165) is 0 Å². The van der Waals surface area contributed by atoms with Crippen LogP contribution in [0.5, 0.6) is 0 Å². The van der Waals surface area contributed by atoms with Crippen LogP contribution in [0.4, 0.5) is 18.9 Å². The third kappa shape index (κ3) is 3.38. The van der Waals surface area contributed by atoms with Gasteiger partial charge in [0.05, 0.1) is 23.1 Å². The minimum atomic E-state index is -4.59. The smallest absolute Gasteiger partial charge is 0.417 e. The first-order valence-electron chi connectivity index (χ1n) is 5.07. The van der Waals surface area contributed by atoms with Crippen molar-refractivity contribution < 1.29 is 22.7 Å². The maximum Gasteiger partial charge on any atom is 0.417 e. The van der Waals surface area contributed by atoms with E-state index in [2.05, 4.69) is 20.7 Å². The number of esters is 1. The van der Waals surface area contributed by atoms with Crippen LogP contribution in [0.2, 0.25) is 0 Å². The summed E-state index contributed by atoms with van der Waals surface area (Å²) in [5.74, 6) is -0.709. The SMILES string of the molecule is CCOC(=O)Cc1ccc(N)c(Br)c1C(F)(F)F. The Kier molecular flexibility index (Phi) is 4.61. The molecule has 0 saturated heterocycles. The largest absolute Gasteiger partial charge is 0.466 e. The predicted molar refractivity (Wildman–Crippen MR) is 63.9 cm³/mol. The van der Waals surface area contributed by atoms with Crippen LogP contribution < -0.4 is 5.73 Å². The van der Waals surface area contributed by atoms with Crippen LogP contribution in [0.1, 0.15) is 18.1 Å². The Morgan fingerprint density at radius 2 is 2.06 bits per heavy atom. The molecule has 0 fully saturated rings. The van der Waals surface area contributed by atoms with Crippen molar-refractivity contribution in [3.63, 3.8) is 0 Å². The minimum absolute atomic E-state index is 0.0325. The second-order valence-electron chi connectivity index (χ2n) is 3.48. The van der Waals surface area contributed by atoms with Crippen molar-refractivity contribution in [3.05, 3.63) is 27.7 Å². The summed E-state index contributed by atoms with van der Waals surface area (Å²) < 4.78 is 43.0. The standard InChI is InChI=1S/C11H11BrF3NO2/c1-2-18-8(17)5-6-3-4-7(16)10(12)9(6)11(13,14)15/h3-4H,2,5,16H2,1H3. The molecule has 0 bridgehead atoms. The normalized spacial score (nSPS) is 11.4. The number of halogens is 4. The van der Waals surface area contributed by atoms with Gasteiger partial charge in [-0.3, -0.25) is 4.79 Å². The molecule has 18 heavy (non-hydrogen) atoms. The van der Waals surface area contributed by atoms with E-state index in [4.69, 9.17) is 5.73 Å². The summed E-state index contributed by atoms with van der Waals surface area (Å²) in [5.41, 5.74) is 4.28. The van der Waals surface area contributed by atoms with Crippen molar-refractivity contribution >= 4 is 27.6 Å². The predicted octanol–water partition coefficient (Wildman–Crippen LogP) is 3.16. The van der Waals surface area contributed by atoms with Crippen molar-refractivity contribution in [2.45, 2.75) is 19.5 Å². The van der Waals surface area contributed by atoms with E-state index in [9.17, 15) is 18.0 Å². The molecule has 3 nitrogen and oxygen atoms in total. The number of ether oxygens (including phenoxy) is 1. The molecule has 0 amide bonds. The van der Waals surface area contributed by atoms with Gasteiger partial charge in [0.2, 0.25) is 0 Å². The molecule has 0 aliphatic rings. The van der Waals surface area contributed by atoms with Gasteiger partial charge in [0, 0.05) is 5.69 Å². The fourth-order valence-electron chi connectivity index (χ4n) is 1.45. The average Bonchev–Trinajstić information content (AvgIpc) is 2.22. The Bertz CT molecular complexity index is 460. The topological polar surface area (TPSA) is 52.3 Å². The lowest BCUT2D eigenvalue weighted by Gasteiger charge is -2.15. The second kappa shape index (κ2) is 5.60.